The van der Waals surface area contributed by atoms with Crippen LogP contribution >= 0.6 is 15.9 Å². The Morgan fingerprint density at radius 2 is 1.50 bits per heavy atom. The lowest BCUT2D eigenvalue weighted by Crippen LogP contribution is -2.48. The second-order valence-corrected chi connectivity index (χ2v) is 8.70. The quantitative estimate of drug-likeness (QED) is 0.546. The van der Waals surface area contributed by atoms with Crippen LogP contribution in [-0.2, 0) is 11.6 Å². The second-order valence-electron chi connectivity index (χ2n) is 7.84. The zero-order valence-electron chi connectivity index (χ0n) is 12.6. The molecule has 0 unspecified atom stereocenters. The van der Waals surface area contributed by atoms with Crippen molar-refractivity contribution in [1.82, 2.24) is 0 Å². The molecule has 4 aliphatic carbocycles. The minimum atomic E-state index is -4.29. The topological polar surface area (TPSA) is 0 Å². The van der Waals surface area contributed by atoms with Crippen molar-refractivity contribution < 1.29 is 13.2 Å². The molecule has 0 saturated heterocycles. The Morgan fingerprint density at radius 1 is 1.00 bits per heavy atom. The number of halogens is 4. The maximum absolute atomic E-state index is 13.1. The van der Waals surface area contributed by atoms with Crippen molar-refractivity contribution in [2.24, 2.45) is 17.8 Å². The standard InChI is InChI=1S/C18H20BrF3/c1-10-2-15(18(20,21)22)16(19)6-14(10)17-7-11-3-12(8-17)5-13(4-11)9-17/h2,6,11-13H,3-5,7-9H2,1H3. The van der Waals surface area contributed by atoms with Crippen molar-refractivity contribution >= 4 is 15.9 Å². The summed E-state index contributed by atoms with van der Waals surface area (Å²) in [6, 6.07) is 3.13. The van der Waals surface area contributed by atoms with E-state index in [1.165, 1.54) is 50.2 Å². The average molecular weight is 373 g/mol. The zero-order chi connectivity index (χ0) is 15.7. The van der Waals surface area contributed by atoms with Gasteiger partial charge in [-0.05, 0) is 91.9 Å². The van der Waals surface area contributed by atoms with Crippen LogP contribution in [0.2, 0.25) is 0 Å². The summed E-state index contributed by atoms with van der Waals surface area (Å²) >= 11 is 3.18. The van der Waals surface area contributed by atoms with E-state index in [-0.39, 0.29) is 9.89 Å². The van der Waals surface area contributed by atoms with Gasteiger partial charge in [-0.2, -0.15) is 13.2 Å². The number of alkyl halides is 3. The van der Waals surface area contributed by atoms with Crippen LogP contribution in [0.5, 0.6) is 0 Å². The van der Waals surface area contributed by atoms with Gasteiger partial charge in [0.05, 0.1) is 5.56 Å². The average Bonchev–Trinajstić information content (AvgIpc) is 2.38. The number of hydrogen-bond acceptors (Lipinski definition) is 0. The number of rotatable bonds is 1. The molecule has 0 amide bonds. The van der Waals surface area contributed by atoms with E-state index in [0.717, 1.165) is 23.3 Å². The highest BCUT2D eigenvalue weighted by atomic mass is 79.9. The first-order valence-electron chi connectivity index (χ1n) is 8.15. The lowest BCUT2D eigenvalue weighted by Gasteiger charge is -2.57. The molecule has 0 spiro atoms. The Labute approximate surface area is 137 Å². The minimum absolute atomic E-state index is 0.144. The summed E-state index contributed by atoms with van der Waals surface area (Å²) in [6.07, 6.45) is 3.29. The van der Waals surface area contributed by atoms with Gasteiger partial charge in [-0.25, -0.2) is 0 Å². The van der Waals surface area contributed by atoms with Gasteiger partial charge in [0.25, 0.3) is 0 Å². The van der Waals surface area contributed by atoms with Crippen LogP contribution in [0, 0.1) is 24.7 Å². The molecule has 4 fully saturated rings. The second kappa shape index (κ2) is 4.75. The normalized spacial score (nSPS) is 36.9. The van der Waals surface area contributed by atoms with E-state index in [0.29, 0.717) is 0 Å². The lowest BCUT2D eigenvalue weighted by atomic mass is 9.47. The molecule has 0 aliphatic heterocycles. The van der Waals surface area contributed by atoms with Gasteiger partial charge < -0.3 is 0 Å². The Kier molecular flexibility index (Phi) is 3.25. The van der Waals surface area contributed by atoms with E-state index in [9.17, 15) is 13.2 Å². The summed E-state index contributed by atoms with van der Waals surface area (Å²) in [7, 11) is 0. The van der Waals surface area contributed by atoms with Crippen LogP contribution in [0.4, 0.5) is 13.2 Å². The SMILES string of the molecule is Cc1cc(C(F)(F)F)c(Br)cc1C12CC3CC(CC(C3)C1)C2. The van der Waals surface area contributed by atoms with Crippen molar-refractivity contribution in [2.75, 3.05) is 0 Å². The third-order valence-corrected chi connectivity index (χ3v) is 6.89. The van der Waals surface area contributed by atoms with Crippen molar-refractivity contribution in [1.29, 1.82) is 0 Å². The highest BCUT2D eigenvalue weighted by molar-refractivity contribution is 9.10. The Balaban J connectivity index is 1.79. The number of hydrogen-bond donors (Lipinski definition) is 0. The van der Waals surface area contributed by atoms with Crippen LogP contribution in [0.1, 0.15) is 55.2 Å². The van der Waals surface area contributed by atoms with Gasteiger partial charge in [-0.15, -0.1) is 0 Å². The van der Waals surface area contributed by atoms with E-state index in [4.69, 9.17) is 0 Å². The van der Waals surface area contributed by atoms with Crippen molar-refractivity contribution in [3.63, 3.8) is 0 Å². The summed E-state index contributed by atoms with van der Waals surface area (Å²) in [4.78, 5) is 0. The van der Waals surface area contributed by atoms with Gasteiger partial charge in [0.1, 0.15) is 0 Å². The maximum Gasteiger partial charge on any atom is 0.417 e. The molecule has 4 saturated carbocycles. The summed E-state index contributed by atoms with van der Waals surface area (Å²) in [6.45, 7) is 1.86. The molecule has 4 heteroatoms. The molecule has 0 aromatic heterocycles. The Morgan fingerprint density at radius 3 is 1.95 bits per heavy atom. The number of benzene rings is 1. The van der Waals surface area contributed by atoms with Gasteiger partial charge >= 0.3 is 6.18 Å². The number of aryl methyl sites for hydroxylation is 1. The van der Waals surface area contributed by atoms with Crippen molar-refractivity contribution in [3.8, 4) is 0 Å². The minimum Gasteiger partial charge on any atom is -0.166 e. The molecule has 0 nitrogen and oxygen atoms in total. The molecule has 4 aliphatic rings. The maximum atomic E-state index is 13.1. The molecular weight excluding hydrogens is 353 g/mol. The monoisotopic (exact) mass is 372 g/mol. The molecule has 0 N–H and O–H groups in total. The van der Waals surface area contributed by atoms with E-state index in [1.807, 2.05) is 6.92 Å². The third kappa shape index (κ3) is 2.24. The van der Waals surface area contributed by atoms with E-state index in [1.54, 1.807) is 6.07 Å². The van der Waals surface area contributed by atoms with Crippen LogP contribution < -0.4 is 0 Å². The predicted octanol–water partition coefficient (Wildman–Crippen LogP) is 6.24. The molecule has 120 valence electrons. The molecule has 22 heavy (non-hydrogen) atoms. The Hall–Kier alpha value is -0.510. The molecule has 4 bridgehead atoms. The fourth-order valence-corrected chi connectivity index (χ4v) is 6.48. The lowest BCUT2D eigenvalue weighted by molar-refractivity contribution is -0.138. The van der Waals surface area contributed by atoms with E-state index >= 15 is 0 Å². The molecule has 1 aromatic carbocycles. The summed E-state index contributed by atoms with van der Waals surface area (Å²) in [5, 5.41) is 0. The van der Waals surface area contributed by atoms with Gasteiger partial charge in [0.2, 0.25) is 0 Å². The van der Waals surface area contributed by atoms with E-state index < -0.39 is 11.7 Å². The molecule has 0 radical (unpaired) electrons. The summed E-state index contributed by atoms with van der Waals surface area (Å²) < 4.78 is 39.5. The van der Waals surface area contributed by atoms with Gasteiger partial charge in [-0.1, -0.05) is 15.9 Å². The smallest absolute Gasteiger partial charge is 0.166 e. The fraction of sp³-hybridized carbons (Fsp3) is 0.667. The third-order valence-electron chi connectivity index (χ3n) is 6.23. The van der Waals surface area contributed by atoms with Crippen LogP contribution in [0.15, 0.2) is 16.6 Å². The first-order chi connectivity index (χ1) is 10.3. The summed E-state index contributed by atoms with van der Waals surface area (Å²) in [5.41, 5.74) is 1.59. The predicted molar refractivity (Wildman–Crippen MR) is 83.7 cm³/mol. The molecule has 0 atom stereocenters. The summed E-state index contributed by atoms with van der Waals surface area (Å²) in [5.74, 6) is 2.39. The van der Waals surface area contributed by atoms with E-state index in [2.05, 4.69) is 15.9 Å². The van der Waals surface area contributed by atoms with Gasteiger partial charge in [-0.3, -0.25) is 0 Å². The highest BCUT2D eigenvalue weighted by Crippen LogP contribution is 2.61. The van der Waals surface area contributed by atoms with Gasteiger partial charge in [0.15, 0.2) is 0 Å². The first-order valence-corrected chi connectivity index (χ1v) is 8.94. The van der Waals surface area contributed by atoms with Gasteiger partial charge in [0, 0.05) is 4.47 Å². The molecule has 0 heterocycles. The Bertz CT molecular complexity index is 582. The molecule has 1 aromatic rings. The van der Waals surface area contributed by atoms with Crippen LogP contribution in [0.3, 0.4) is 0 Å². The molecular formula is C18H20BrF3. The van der Waals surface area contributed by atoms with Crippen LogP contribution in [-0.4, -0.2) is 0 Å². The van der Waals surface area contributed by atoms with Crippen molar-refractivity contribution in [2.45, 2.75) is 57.0 Å². The highest BCUT2D eigenvalue weighted by Gasteiger charge is 2.52. The van der Waals surface area contributed by atoms with Crippen molar-refractivity contribution in [3.05, 3.63) is 33.3 Å². The molecule has 5 rings (SSSR count). The fourth-order valence-electron chi connectivity index (χ4n) is 5.91. The zero-order valence-corrected chi connectivity index (χ0v) is 14.2. The van der Waals surface area contributed by atoms with Crippen LogP contribution in [0.25, 0.3) is 0 Å². The first kappa shape index (κ1) is 15.0. The largest absolute Gasteiger partial charge is 0.417 e.